The predicted molar refractivity (Wildman–Crippen MR) is 147 cm³/mol. The van der Waals surface area contributed by atoms with Crippen molar-refractivity contribution in [3.05, 3.63) is 23.9 Å². The van der Waals surface area contributed by atoms with E-state index >= 15 is 0 Å². The average Bonchev–Trinajstić information content (AvgIpc) is 3.34. The number of piperazine rings is 1. The molecule has 1 aromatic carbocycles. The number of rotatable bonds is 6. The molecule has 2 amide bonds. The van der Waals surface area contributed by atoms with Crippen LogP contribution in [-0.2, 0) is 19.0 Å². The highest BCUT2D eigenvalue weighted by molar-refractivity contribution is 6.06. The van der Waals surface area contributed by atoms with Crippen LogP contribution in [0.4, 0.5) is 23.7 Å². The zero-order valence-corrected chi connectivity index (χ0v) is 24.5. The quantitative estimate of drug-likeness (QED) is 0.488. The molecule has 4 rings (SSSR count). The Bertz CT molecular complexity index is 1300. The zero-order valence-electron chi connectivity index (χ0n) is 24.5. The summed E-state index contributed by atoms with van der Waals surface area (Å²) in [6.45, 7) is 7.81. The van der Waals surface area contributed by atoms with E-state index < -0.39 is 23.7 Å². The molecule has 1 N–H and O–H groups in total. The summed E-state index contributed by atoms with van der Waals surface area (Å²) < 4.78 is 56.2. The Morgan fingerprint density at radius 2 is 1.69 bits per heavy atom. The van der Waals surface area contributed by atoms with Crippen LogP contribution in [0.3, 0.4) is 0 Å². The molecular weight excluding hydrogens is 559 g/mol. The van der Waals surface area contributed by atoms with Crippen molar-refractivity contribution in [2.75, 3.05) is 45.8 Å². The molecule has 0 bridgehead atoms. The third-order valence-corrected chi connectivity index (χ3v) is 7.62. The average molecular weight is 598 g/mol. The maximum Gasteiger partial charge on any atom is 0.471 e. The number of carbonyl (C=O) groups excluding carboxylic acids is 3. The first-order chi connectivity index (χ1) is 19.7. The molecule has 1 aliphatic heterocycles. The molecule has 0 radical (unpaired) electrons. The van der Waals surface area contributed by atoms with Crippen LogP contribution in [0.25, 0.3) is 10.9 Å². The molecule has 42 heavy (non-hydrogen) atoms. The third kappa shape index (κ3) is 7.33. The Morgan fingerprint density at radius 3 is 2.29 bits per heavy atom. The monoisotopic (exact) mass is 597 g/mol. The number of aromatic nitrogens is 2. The summed E-state index contributed by atoms with van der Waals surface area (Å²) in [5.74, 6) is -3.07. The first-order valence-corrected chi connectivity index (χ1v) is 13.9. The van der Waals surface area contributed by atoms with Crippen LogP contribution >= 0.6 is 0 Å². The van der Waals surface area contributed by atoms with Crippen molar-refractivity contribution >= 4 is 34.6 Å². The van der Waals surface area contributed by atoms with Crippen LogP contribution in [0.1, 0.15) is 62.9 Å². The van der Waals surface area contributed by atoms with Gasteiger partial charge in [-0.15, -0.1) is 0 Å². The lowest BCUT2D eigenvalue weighted by atomic mass is 9.89. The number of methoxy groups -OCH3 is 2. The molecule has 232 valence electrons. The second-order valence-corrected chi connectivity index (χ2v) is 11.7. The Morgan fingerprint density at radius 1 is 1.02 bits per heavy atom. The van der Waals surface area contributed by atoms with Gasteiger partial charge in [0.1, 0.15) is 5.60 Å². The van der Waals surface area contributed by atoms with E-state index in [1.54, 1.807) is 28.2 Å². The minimum atomic E-state index is -5.12. The Hall–Kier alpha value is -3.39. The number of nitrogens with zero attached hydrogens (tertiary/aromatic N) is 4. The largest absolute Gasteiger partial charge is 0.471 e. The Kier molecular flexibility index (Phi) is 9.36. The van der Waals surface area contributed by atoms with Crippen molar-refractivity contribution in [3.8, 4) is 0 Å². The van der Waals surface area contributed by atoms with Gasteiger partial charge in [0.15, 0.2) is 0 Å². The number of carbonyl (C=O) groups is 3. The highest BCUT2D eigenvalue weighted by Gasteiger charge is 2.40. The Labute approximate surface area is 242 Å². The van der Waals surface area contributed by atoms with Crippen LogP contribution in [0.5, 0.6) is 0 Å². The molecule has 2 aliphatic rings. The lowest BCUT2D eigenvalue weighted by molar-refractivity contribution is -0.167. The van der Waals surface area contributed by atoms with Gasteiger partial charge in [0.2, 0.25) is 0 Å². The molecule has 0 spiro atoms. The van der Waals surface area contributed by atoms with Crippen LogP contribution in [-0.4, -0.2) is 102 Å². The van der Waals surface area contributed by atoms with Gasteiger partial charge in [-0.2, -0.15) is 18.3 Å². The van der Waals surface area contributed by atoms with Gasteiger partial charge in [0.25, 0.3) is 0 Å². The van der Waals surface area contributed by atoms with E-state index in [0.29, 0.717) is 43.2 Å². The number of ether oxygens (including phenoxy) is 3. The van der Waals surface area contributed by atoms with E-state index in [-0.39, 0.29) is 29.4 Å². The molecule has 2 aromatic rings. The summed E-state index contributed by atoms with van der Waals surface area (Å²) in [5, 5.41) is 6.87. The molecule has 1 atom stereocenters. The van der Waals surface area contributed by atoms with Crippen molar-refractivity contribution in [2.45, 2.75) is 76.4 Å². The first-order valence-electron chi connectivity index (χ1n) is 13.9. The summed E-state index contributed by atoms with van der Waals surface area (Å²) in [5.41, 5.74) is -0.679. The minimum Gasteiger partial charge on any atom is -0.465 e. The minimum absolute atomic E-state index is 0.0344. The van der Waals surface area contributed by atoms with E-state index in [2.05, 4.69) is 10.00 Å². The second-order valence-electron chi connectivity index (χ2n) is 11.7. The van der Waals surface area contributed by atoms with Gasteiger partial charge < -0.3 is 24.4 Å². The van der Waals surface area contributed by atoms with Gasteiger partial charge in [-0.3, -0.25) is 14.4 Å². The van der Waals surface area contributed by atoms with Gasteiger partial charge in [-0.25, -0.2) is 9.59 Å². The standard InChI is InChI=1S/C28H38F3N5O6/c1-27(2,3)42-26(39)34-10-11-35(20(15-34)16-40-4)18-6-8-19(9-7-18)36-14-17-12-23(32-25(38)28(29,30)31)21(24(37)41-5)13-22(17)33-36/h12-14,18-20H,6-11,15-16H2,1-5H3,(H,32,38)/t18?,19?,20-/m0/s1. The molecule has 2 fully saturated rings. The smallest absolute Gasteiger partial charge is 0.465 e. The van der Waals surface area contributed by atoms with Crippen LogP contribution in [0, 0.1) is 0 Å². The van der Waals surface area contributed by atoms with Gasteiger partial charge in [0, 0.05) is 44.4 Å². The number of halogens is 3. The number of hydrogen-bond acceptors (Lipinski definition) is 8. The SMILES string of the molecule is COC[C@@H]1CN(C(=O)OC(C)(C)C)CCN1C1CCC(n2cc3cc(NC(=O)C(F)(F)F)c(C(=O)OC)cc3n2)CC1. The van der Waals surface area contributed by atoms with E-state index in [0.717, 1.165) is 32.8 Å². The van der Waals surface area contributed by atoms with Crippen LogP contribution in [0.2, 0.25) is 0 Å². The summed E-state index contributed by atoms with van der Waals surface area (Å²) in [6.07, 6.45) is -0.331. The molecule has 1 aromatic heterocycles. The number of benzene rings is 1. The molecule has 1 aliphatic carbocycles. The summed E-state index contributed by atoms with van der Waals surface area (Å²) in [7, 11) is 2.75. The van der Waals surface area contributed by atoms with Crippen molar-refractivity contribution in [1.29, 1.82) is 0 Å². The second kappa shape index (κ2) is 12.5. The summed E-state index contributed by atoms with van der Waals surface area (Å²) >= 11 is 0. The third-order valence-electron chi connectivity index (χ3n) is 7.62. The molecule has 1 saturated heterocycles. The number of anilines is 1. The molecule has 1 saturated carbocycles. The van der Waals surface area contributed by atoms with E-state index in [4.69, 9.17) is 14.2 Å². The molecule has 14 heteroatoms. The van der Waals surface area contributed by atoms with Crippen LogP contribution in [0.15, 0.2) is 18.3 Å². The van der Waals surface area contributed by atoms with E-state index in [1.165, 1.54) is 12.1 Å². The maximum atomic E-state index is 12.9. The van der Waals surface area contributed by atoms with Crippen molar-refractivity contribution in [1.82, 2.24) is 19.6 Å². The zero-order chi connectivity index (χ0) is 30.8. The van der Waals surface area contributed by atoms with E-state index in [1.807, 2.05) is 20.8 Å². The lowest BCUT2D eigenvalue weighted by Crippen LogP contribution is -2.60. The highest BCUT2D eigenvalue weighted by Crippen LogP contribution is 2.34. The lowest BCUT2D eigenvalue weighted by Gasteiger charge is -2.46. The van der Waals surface area contributed by atoms with E-state index in [9.17, 15) is 27.6 Å². The van der Waals surface area contributed by atoms with Crippen molar-refractivity contribution < 1.29 is 41.8 Å². The fraction of sp³-hybridized carbons (Fsp3) is 0.643. The predicted octanol–water partition coefficient (Wildman–Crippen LogP) is 4.38. The van der Waals surface area contributed by atoms with Gasteiger partial charge in [-0.1, -0.05) is 0 Å². The summed E-state index contributed by atoms with van der Waals surface area (Å²) in [4.78, 5) is 40.6. The molecule has 11 nitrogen and oxygen atoms in total. The van der Waals surface area contributed by atoms with Crippen molar-refractivity contribution in [3.63, 3.8) is 0 Å². The fourth-order valence-electron chi connectivity index (χ4n) is 5.69. The van der Waals surface area contributed by atoms with Gasteiger partial charge in [0.05, 0.1) is 42.6 Å². The number of nitrogens with one attached hydrogen (secondary N) is 1. The van der Waals surface area contributed by atoms with Gasteiger partial charge >= 0.3 is 24.1 Å². The van der Waals surface area contributed by atoms with Crippen molar-refractivity contribution in [2.24, 2.45) is 0 Å². The first kappa shape index (κ1) is 31.5. The number of esters is 1. The van der Waals surface area contributed by atoms with Crippen LogP contribution < -0.4 is 5.32 Å². The number of fused-ring (bicyclic) bond motifs is 1. The molecule has 0 unspecified atom stereocenters. The normalized spacial score (nSPS) is 22.2. The number of amides is 2. The summed E-state index contributed by atoms with van der Waals surface area (Å²) in [6, 6.07) is 3.01. The molecule has 2 heterocycles. The fourth-order valence-corrected chi connectivity index (χ4v) is 5.69. The number of alkyl halides is 3. The maximum absolute atomic E-state index is 12.9. The number of hydrogen-bond donors (Lipinski definition) is 1. The molecular formula is C28H38F3N5O6. The Balaban J connectivity index is 1.45. The highest BCUT2D eigenvalue weighted by atomic mass is 19.4. The topological polar surface area (TPSA) is 115 Å². The van der Waals surface area contributed by atoms with Gasteiger partial charge in [-0.05, 0) is 58.6 Å².